The average Bonchev–Trinajstić information content (AvgIpc) is 2.49. The van der Waals surface area contributed by atoms with Crippen LogP contribution >= 0.6 is 0 Å². The van der Waals surface area contributed by atoms with Crippen LogP contribution in [0.2, 0.25) is 0 Å². The molecule has 0 saturated carbocycles. The quantitative estimate of drug-likeness (QED) is 0.888. The highest BCUT2D eigenvalue weighted by Gasteiger charge is 2.25. The molecule has 1 aliphatic heterocycles. The van der Waals surface area contributed by atoms with Gasteiger partial charge in [-0.25, -0.2) is 4.39 Å². The van der Waals surface area contributed by atoms with Crippen molar-refractivity contribution < 1.29 is 4.39 Å². The molecule has 0 amide bonds. The maximum atomic E-state index is 14.0. The van der Waals surface area contributed by atoms with Crippen LogP contribution in [0.5, 0.6) is 0 Å². The van der Waals surface area contributed by atoms with Gasteiger partial charge in [-0.2, -0.15) is 0 Å². The second-order valence-corrected chi connectivity index (χ2v) is 4.78. The maximum Gasteiger partial charge on any atom is 0.146 e. The van der Waals surface area contributed by atoms with Gasteiger partial charge in [0.25, 0.3) is 0 Å². The first kappa shape index (κ1) is 12.2. The van der Waals surface area contributed by atoms with Crippen molar-refractivity contribution in [2.75, 3.05) is 24.5 Å². The van der Waals surface area contributed by atoms with Crippen LogP contribution in [0.25, 0.3) is 0 Å². The lowest BCUT2D eigenvalue weighted by atomic mass is 10.0. The van der Waals surface area contributed by atoms with E-state index in [0.717, 1.165) is 19.6 Å². The lowest BCUT2D eigenvalue weighted by molar-refractivity contribution is 0.480. The minimum atomic E-state index is -0.148. The van der Waals surface area contributed by atoms with E-state index >= 15 is 0 Å². The van der Waals surface area contributed by atoms with Crippen LogP contribution in [0.1, 0.15) is 11.6 Å². The molecule has 1 heterocycles. The molecule has 1 atom stereocenters. The Morgan fingerprint density at radius 2 is 1.74 bits per heavy atom. The van der Waals surface area contributed by atoms with Gasteiger partial charge in [0.05, 0.1) is 11.7 Å². The summed E-state index contributed by atoms with van der Waals surface area (Å²) < 4.78 is 14.0. The Kier molecular flexibility index (Phi) is 3.47. The van der Waals surface area contributed by atoms with Crippen molar-refractivity contribution in [3.05, 3.63) is 66.0 Å². The number of piperazine rings is 1. The fraction of sp³-hybridized carbons (Fsp3) is 0.250. The molecule has 19 heavy (non-hydrogen) atoms. The number of hydrogen-bond donors (Lipinski definition) is 1. The van der Waals surface area contributed by atoms with Crippen LogP contribution in [-0.4, -0.2) is 19.6 Å². The van der Waals surface area contributed by atoms with Crippen LogP contribution in [-0.2, 0) is 0 Å². The lowest BCUT2D eigenvalue weighted by Crippen LogP contribution is -2.46. The van der Waals surface area contributed by atoms with Crippen molar-refractivity contribution in [3.8, 4) is 0 Å². The molecule has 2 aromatic carbocycles. The first-order chi connectivity index (χ1) is 9.36. The summed E-state index contributed by atoms with van der Waals surface area (Å²) in [6, 6.07) is 17.5. The fourth-order valence-electron chi connectivity index (χ4n) is 2.65. The molecule has 2 nitrogen and oxygen atoms in total. The van der Waals surface area contributed by atoms with E-state index in [2.05, 4.69) is 22.3 Å². The van der Waals surface area contributed by atoms with Crippen LogP contribution in [0.3, 0.4) is 0 Å². The predicted octanol–water partition coefficient (Wildman–Crippen LogP) is 2.98. The van der Waals surface area contributed by atoms with Crippen LogP contribution in [0.15, 0.2) is 54.6 Å². The Balaban J connectivity index is 1.96. The minimum absolute atomic E-state index is 0.148. The van der Waals surface area contributed by atoms with Crippen molar-refractivity contribution in [1.82, 2.24) is 5.32 Å². The third-order valence-corrected chi connectivity index (χ3v) is 3.59. The predicted molar refractivity (Wildman–Crippen MR) is 75.8 cm³/mol. The molecule has 2 aromatic rings. The Hall–Kier alpha value is -1.87. The largest absolute Gasteiger partial charge is 0.360 e. The number of nitrogens with zero attached hydrogens (tertiary/aromatic N) is 1. The lowest BCUT2D eigenvalue weighted by Gasteiger charge is -2.38. The van der Waals surface area contributed by atoms with Crippen LogP contribution in [0.4, 0.5) is 10.1 Å². The Bertz CT molecular complexity index is 541. The van der Waals surface area contributed by atoms with Gasteiger partial charge in [-0.1, -0.05) is 42.5 Å². The van der Waals surface area contributed by atoms with Crippen molar-refractivity contribution in [2.24, 2.45) is 0 Å². The number of benzene rings is 2. The SMILES string of the molecule is Fc1ccccc1N1CCNCC1c1ccccc1. The minimum Gasteiger partial charge on any atom is -0.360 e. The van der Waals surface area contributed by atoms with Gasteiger partial charge in [0.2, 0.25) is 0 Å². The van der Waals surface area contributed by atoms with Gasteiger partial charge in [0.1, 0.15) is 5.82 Å². The second-order valence-electron chi connectivity index (χ2n) is 4.78. The molecule has 0 radical (unpaired) electrons. The summed E-state index contributed by atoms with van der Waals surface area (Å²) in [6.07, 6.45) is 0. The van der Waals surface area contributed by atoms with Crippen molar-refractivity contribution >= 4 is 5.69 Å². The second kappa shape index (κ2) is 5.41. The van der Waals surface area contributed by atoms with Gasteiger partial charge in [0.15, 0.2) is 0 Å². The molecule has 1 N–H and O–H groups in total. The summed E-state index contributed by atoms with van der Waals surface area (Å²) in [7, 11) is 0. The summed E-state index contributed by atoms with van der Waals surface area (Å²) >= 11 is 0. The topological polar surface area (TPSA) is 15.3 Å². The molecule has 98 valence electrons. The van der Waals surface area contributed by atoms with Crippen molar-refractivity contribution in [3.63, 3.8) is 0 Å². The summed E-state index contributed by atoms with van der Waals surface area (Å²) in [5.74, 6) is -0.148. The summed E-state index contributed by atoms with van der Waals surface area (Å²) in [4.78, 5) is 2.15. The van der Waals surface area contributed by atoms with E-state index in [1.807, 2.05) is 30.3 Å². The normalized spacial score (nSPS) is 19.4. The zero-order chi connectivity index (χ0) is 13.1. The molecule has 1 fully saturated rings. The zero-order valence-corrected chi connectivity index (χ0v) is 10.7. The van der Waals surface area contributed by atoms with Gasteiger partial charge in [0, 0.05) is 19.6 Å². The van der Waals surface area contributed by atoms with E-state index in [0.29, 0.717) is 5.69 Å². The molecule has 3 heteroatoms. The van der Waals surface area contributed by atoms with E-state index in [4.69, 9.17) is 0 Å². The van der Waals surface area contributed by atoms with Gasteiger partial charge >= 0.3 is 0 Å². The van der Waals surface area contributed by atoms with Crippen molar-refractivity contribution in [2.45, 2.75) is 6.04 Å². The van der Waals surface area contributed by atoms with Gasteiger partial charge in [-0.05, 0) is 17.7 Å². The Morgan fingerprint density at radius 1 is 1.00 bits per heavy atom. The molecule has 3 rings (SSSR count). The standard InChI is InChI=1S/C16H17FN2/c17-14-8-4-5-9-15(14)19-11-10-18-12-16(19)13-6-2-1-3-7-13/h1-9,16,18H,10-12H2. The summed E-state index contributed by atoms with van der Waals surface area (Å²) in [6.45, 7) is 2.55. The van der Waals surface area contributed by atoms with Crippen LogP contribution in [0, 0.1) is 5.82 Å². The van der Waals surface area contributed by atoms with Gasteiger partial charge < -0.3 is 10.2 Å². The Labute approximate surface area is 112 Å². The number of halogens is 1. The van der Waals surface area contributed by atoms with E-state index in [1.54, 1.807) is 6.07 Å². The monoisotopic (exact) mass is 256 g/mol. The fourth-order valence-corrected chi connectivity index (χ4v) is 2.65. The van der Waals surface area contributed by atoms with E-state index in [-0.39, 0.29) is 11.9 Å². The number of hydrogen-bond acceptors (Lipinski definition) is 2. The molecule has 1 unspecified atom stereocenters. The molecule has 0 aromatic heterocycles. The average molecular weight is 256 g/mol. The number of para-hydroxylation sites is 1. The third kappa shape index (κ3) is 2.47. The van der Waals surface area contributed by atoms with E-state index in [1.165, 1.54) is 11.6 Å². The molecule has 1 aliphatic rings. The molecule has 1 saturated heterocycles. The van der Waals surface area contributed by atoms with Crippen molar-refractivity contribution in [1.29, 1.82) is 0 Å². The molecule has 0 aliphatic carbocycles. The highest BCUT2D eigenvalue weighted by molar-refractivity contribution is 5.50. The Morgan fingerprint density at radius 3 is 2.53 bits per heavy atom. The molecular formula is C16H17FN2. The zero-order valence-electron chi connectivity index (χ0n) is 10.7. The highest BCUT2D eigenvalue weighted by Crippen LogP contribution is 2.29. The summed E-state index contributed by atoms with van der Waals surface area (Å²) in [5, 5.41) is 3.39. The highest BCUT2D eigenvalue weighted by atomic mass is 19.1. The van der Waals surface area contributed by atoms with Gasteiger partial charge in [-0.15, -0.1) is 0 Å². The molecular weight excluding hydrogens is 239 g/mol. The van der Waals surface area contributed by atoms with E-state index in [9.17, 15) is 4.39 Å². The van der Waals surface area contributed by atoms with Gasteiger partial charge in [-0.3, -0.25) is 0 Å². The number of nitrogens with one attached hydrogen (secondary N) is 1. The first-order valence-electron chi connectivity index (χ1n) is 6.63. The summed E-state index contributed by atoms with van der Waals surface area (Å²) in [5.41, 5.74) is 1.91. The maximum absolute atomic E-state index is 14.0. The number of anilines is 1. The molecule has 0 bridgehead atoms. The number of rotatable bonds is 2. The molecule has 0 spiro atoms. The van der Waals surface area contributed by atoms with E-state index < -0.39 is 0 Å². The third-order valence-electron chi connectivity index (χ3n) is 3.59. The smallest absolute Gasteiger partial charge is 0.146 e. The van der Waals surface area contributed by atoms with Crippen LogP contribution < -0.4 is 10.2 Å². The first-order valence-corrected chi connectivity index (χ1v) is 6.63.